The average molecular weight is 201 g/mol. The SMILES string of the molecule is CC(C)(CO)Cc1c(F)cncc1F. The van der Waals surface area contributed by atoms with Crippen molar-refractivity contribution in [1.82, 2.24) is 4.98 Å². The molecule has 0 aliphatic heterocycles. The molecule has 1 heterocycles. The Morgan fingerprint density at radius 1 is 1.29 bits per heavy atom. The molecule has 0 spiro atoms. The summed E-state index contributed by atoms with van der Waals surface area (Å²) in [5.74, 6) is -1.32. The maximum Gasteiger partial charge on any atom is 0.147 e. The number of nitrogens with zero attached hydrogens (tertiary/aromatic N) is 1. The third kappa shape index (κ3) is 2.48. The second-order valence-corrected chi connectivity index (χ2v) is 4.08. The highest BCUT2D eigenvalue weighted by atomic mass is 19.1. The highest BCUT2D eigenvalue weighted by Crippen LogP contribution is 2.23. The van der Waals surface area contributed by atoms with Gasteiger partial charge in [0.1, 0.15) is 11.6 Å². The van der Waals surface area contributed by atoms with E-state index in [4.69, 9.17) is 5.11 Å². The molecule has 1 aromatic rings. The maximum atomic E-state index is 13.1. The van der Waals surface area contributed by atoms with Crippen molar-refractivity contribution < 1.29 is 13.9 Å². The molecule has 1 N–H and O–H groups in total. The number of halogens is 2. The number of aromatic nitrogens is 1. The Labute approximate surface area is 81.6 Å². The smallest absolute Gasteiger partial charge is 0.147 e. The topological polar surface area (TPSA) is 33.1 Å². The van der Waals surface area contributed by atoms with Crippen LogP contribution in [-0.2, 0) is 6.42 Å². The van der Waals surface area contributed by atoms with E-state index in [-0.39, 0.29) is 18.6 Å². The normalized spacial score (nSPS) is 11.8. The maximum absolute atomic E-state index is 13.1. The predicted octanol–water partition coefficient (Wildman–Crippen LogP) is 1.92. The number of aliphatic hydroxyl groups excluding tert-OH is 1. The van der Waals surface area contributed by atoms with Crippen LogP contribution < -0.4 is 0 Å². The molecular formula is C10H13F2NO. The molecule has 0 unspecified atom stereocenters. The fourth-order valence-corrected chi connectivity index (χ4v) is 1.14. The molecule has 4 heteroatoms. The number of rotatable bonds is 3. The summed E-state index contributed by atoms with van der Waals surface area (Å²) in [6.45, 7) is 3.37. The molecule has 0 saturated carbocycles. The minimum absolute atomic E-state index is 0.0148. The van der Waals surface area contributed by atoms with Crippen LogP contribution >= 0.6 is 0 Å². The Morgan fingerprint density at radius 3 is 2.21 bits per heavy atom. The number of aliphatic hydroxyl groups is 1. The summed E-state index contributed by atoms with van der Waals surface area (Å²) in [4.78, 5) is 3.39. The van der Waals surface area contributed by atoms with Crippen molar-refractivity contribution in [3.05, 3.63) is 29.6 Å². The molecular weight excluding hydrogens is 188 g/mol. The highest BCUT2D eigenvalue weighted by Gasteiger charge is 2.21. The first-order chi connectivity index (χ1) is 6.46. The summed E-state index contributed by atoms with van der Waals surface area (Å²) in [5, 5.41) is 8.98. The largest absolute Gasteiger partial charge is 0.396 e. The third-order valence-electron chi connectivity index (χ3n) is 2.04. The van der Waals surface area contributed by atoms with Crippen LogP contribution in [0.4, 0.5) is 8.78 Å². The van der Waals surface area contributed by atoms with E-state index in [9.17, 15) is 8.78 Å². The zero-order valence-electron chi connectivity index (χ0n) is 8.22. The molecule has 1 rings (SSSR count). The lowest BCUT2D eigenvalue weighted by atomic mass is 9.87. The van der Waals surface area contributed by atoms with E-state index in [2.05, 4.69) is 4.98 Å². The van der Waals surface area contributed by atoms with E-state index in [1.165, 1.54) is 0 Å². The van der Waals surface area contributed by atoms with Crippen LogP contribution in [0.3, 0.4) is 0 Å². The molecule has 2 nitrogen and oxygen atoms in total. The first-order valence-electron chi connectivity index (χ1n) is 4.35. The molecule has 0 saturated heterocycles. The lowest BCUT2D eigenvalue weighted by molar-refractivity contribution is 0.157. The van der Waals surface area contributed by atoms with Crippen LogP contribution in [0, 0.1) is 17.0 Å². The summed E-state index contributed by atoms with van der Waals surface area (Å²) in [6, 6.07) is 0. The zero-order valence-corrected chi connectivity index (χ0v) is 8.22. The van der Waals surface area contributed by atoms with Crippen molar-refractivity contribution in [3.63, 3.8) is 0 Å². The van der Waals surface area contributed by atoms with Gasteiger partial charge in [0, 0.05) is 12.2 Å². The van der Waals surface area contributed by atoms with Gasteiger partial charge in [0.2, 0.25) is 0 Å². The van der Waals surface area contributed by atoms with Crippen LogP contribution in [0.15, 0.2) is 12.4 Å². The molecule has 0 amide bonds. The zero-order chi connectivity index (χ0) is 10.8. The van der Waals surface area contributed by atoms with Gasteiger partial charge in [-0.15, -0.1) is 0 Å². The summed E-state index contributed by atoms with van der Waals surface area (Å²) in [5.41, 5.74) is -0.540. The summed E-state index contributed by atoms with van der Waals surface area (Å²) < 4.78 is 26.3. The van der Waals surface area contributed by atoms with Crippen molar-refractivity contribution in [2.75, 3.05) is 6.61 Å². The predicted molar refractivity (Wildman–Crippen MR) is 48.7 cm³/mol. The summed E-state index contributed by atoms with van der Waals surface area (Å²) >= 11 is 0. The van der Waals surface area contributed by atoms with Gasteiger partial charge in [0.05, 0.1) is 12.4 Å². The van der Waals surface area contributed by atoms with Crippen LogP contribution in [-0.4, -0.2) is 16.7 Å². The van der Waals surface area contributed by atoms with Gasteiger partial charge in [0.15, 0.2) is 0 Å². The van der Waals surface area contributed by atoms with E-state index in [1.807, 2.05) is 0 Å². The Bertz CT molecular complexity index is 306. The Morgan fingerprint density at radius 2 is 1.79 bits per heavy atom. The Kier molecular flexibility index (Phi) is 3.16. The molecule has 0 radical (unpaired) electrons. The van der Waals surface area contributed by atoms with Gasteiger partial charge in [-0.2, -0.15) is 0 Å². The highest BCUT2D eigenvalue weighted by molar-refractivity contribution is 5.16. The molecule has 0 bridgehead atoms. The average Bonchev–Trinajstić information content (AvgIpc) is 2.12. The van der Waals surface area contributed by atoms with Crippen molar-refractivity contribution >= 4 is 0 Å². The fourth-order valence-electron chi connectivity index (χ4n) is 1.14. The van der Waals surface area contributed by atoms with Gasteiger partial charge in [-0.05, 0) is 11.8 Å². The second-order valence-electron chi connectivity index (χ2n) is 4.08. The van der Waals surface area contributed by atoms with Crippen molar-refractivity contribution in [3.8, 4) is 0 Å². The van der Waals surface area contributed by atoms with Gasteiger partial charge in [-0.25, -0.2) is 8.78 Å². The van der Waals surface area contributed by atoms with Crippen molar-refractivity contribution in [2.45, 2.75) is 20.3 Å². The first kappa shape index (κ1) is 11.0. The first-order valence-corrected chi connectivity index (χ1v) is 4.35. The molecule has 0 atom stereocenters. The van der Waals surface area contributed by atoms with Crippen LogP contribution in [0.2, 0.25) is 0 Å². The molecule has 0 aliphatic carbocycles. The number of hydrogen-bond acceptors (Lipinski definition) is 2. The molecule has 78 valence electrons. The monoisotopic (exact) mass is 201 g/mol. The van der Waals surface area contributed by atoms with Gasteiger partial charge in [0.25, 0.3) is 0 Å². The third-order valence-corrected chi connectivity index (χ3v) is 2.04. The minimum Gasteiger partial charge on any atom is -0.396 e. The molecule has 0 fully saturated rings. The van der Waals surface area contributed by atoms with Gasteiger partial charge in [-0.1, -0.05) is 13.8 Å². The number of hydrogen-bond donors (Lipinski definition) is 1. The lowest BCUT2D eigenvalue weighted by Gasteiger charge is -2.21. The van der Waals surface area contributed by atoms with E-state index >= 15 is 0 Å². The van der Waals surface area contributed by atoms with E-state index in [0.29, 0.717) is 0 Å². The molecule has 14 heavy (non-hydrogen) atoms. The van der Waals surface area contributed by atoms with E-state index in [0.717, 1.165) is 12.4 Å². The van der Waals surface area contributed by atoms with Crippen molar-refractivity contribution in [1.29, 1.82) is 0 Å². The molecule has 0 aliphatic rings. The fraction of sp³-hybridized carbons (Fsp3) is 0.500. The van der Waals surface area contributed by atoms with Crippen LogP contribution in [0.25, 0.3) is 0 Å². The summed E-state index contributed by atoms with van der Waals surface area (Å²) in [6.07, 6.45) is 2.11. The van der Waals surface area contributed by atoms with Gasteiger partial charge in [-0.3, -0.25) is 4.98 Å². The Hall–Kier alpha value is -1.03. The lowest BCUT2D eigenvalue weighted by Crippen LogP contribution is -2.21. The standard InChI is InChI=1S/C10H13F2NO/c1-10(2,6-14)3-7-8(11)4-13-5-9(7)12/h4-5,14H,3,6H2,1-2H3. The van der Waals surface area contributed by atoms with Crippen LogP contribution in [0.1, 0.15) is 19.4 Å². The quantitative estimate of drug-likeness (QED) is 0.810. The van der Waals surface area contributed by atoms with Gasteiger partial charge < -0.3 is 5.11 Å². The molecule has 0 aromatic carbocycles. The van der Waals surface area contributed by atoms with Crippen LogP contribution in [0.5, 0.6) is 0 Å². The molecule has 1 aromatic heterocycles. The number of pyridine rings is 1. The minimum atomic E-state index is -0.661. The van der Waals surface area contributed by atoms with E-state index < -0.39 is 17.0 Å². The Balaban J connectivity index is 2.97. The van der Waals surface area contributed by atoms with Crippen molar-refractivity contribution in [2.24, 2.45) is 5.41 Å². The van der Waals surface area contributed by atoms with E-state index in [1.54, 1.807) is 13.8 Å². The second kappa shape index (κ2) is 4.00. The van der Waals surface area contributed by atoms with Gasteiger partial charge >= 0.3 is 0 Å². The summed E-state index contributed by atoms with van der Waals surface area (Å²) in [7, 11) is 0.